The van der Waals surface area contributed by atoms with E-state index in [2.05, 4.69) is 15.6 Å². The number of nitrogens with one attached hydrogen (secondary N) is 2. The molecule has 0 radical (unpaired) electrons. The molecule has 0 saturated carbocycles. The number of fused-ring (bicyclic) bond motifs is 1. The van der Waals surface area contributed by atoms with E-state index < -0.39 is 18.0 Å². The van der Waals surface area contributed by atoms with Gasteiger partial charge in [0.2, 0.25) is 0 Å². The molecule has 0 aliphatic carbocycles. The first kappa shape index (κ1) is 25.0. The topological polar surface area (TPSA) is 116 Å². The zero-order valence-corrected chi connectivity index (χ0v) is 21.0. The zero-order valence-electron chi connectivity index (χ0n) is 19.4. The minimum atomic E-state index is -0.626. The van der Waals surface area contributed by atoms with Crippen LogP contribution in [-0.4, -0.2) is 44.3 Å². The number of pyridine rings is 1. The number of urea groups is 1. The van der Waals surface area contributed by atoms with Gasteiger partial charge in [-0.2, -0.15) is 0 Å². The number of anilines is 2. The quantitative estimate of drug-likeness (QED) is 0.304. The van der Waals surface area contributed by atoms with Gasteiger partial charge in [-0.05, 0) is 36.4 Å². The summed E-state index contributed by atoms with van der Waals surface area (Å²) in [5.41, 5.74) is 1.56. The molecule has 0 fully saturated rings. The average Bonchev–Trinajstić information content (AvgIpc) is 3.31. The summed E-state index contributed by atoms with van der Waals surface area (Å²) in [5, 5.41) is 7.16. The number of nitrogens with zero attached hydrogens (tertiary/aromatic N) is 1. The third-order valence-corrected chi connectivity index (χ3v) is 6.70. The molecule has 2 aromatic heterocycles. The molecular formula is C25H20ClN3O6S. The summed E-state index contributed by atoms with van der Waals surface area (Å²) < 4.78 is 14.9. The van der Waals surface area contributed by atoms with E-state index in [1.54, 1.807) is 48.7 Å². The van der Waals surface area contributed by atoms with Gasteiger partial charge in [-0.1, -0.05) is 17.7 Å². The number of hydrogen-bond acceptors (Lipinski definition) is 8. The fourth-order valence-corrected chi connectivity index (χ4v) is 4.80. The van der Waals surface area contributed by atoms with Crippen LogP contribution in [0.2, 0.25) is 5.02 Å². The molecule has 2 N–H and O–H groups in total. The largest absolute Gasteiger partial charge is 0.497 e. The van der Waals surface area contributed by atoms with E-state index in [1.807, 2.05) is 0 Å². The third-order valence-electron chi connectivity index (χ3n) is 5.22. The van der Waals surface area contributed by atoms with Gasteiger partial charge in [0.15, 0.2) is 0 Å². The number of ether oxygens (including phenoxy) is 3. The van der Waals surface area contributed by atoms with Gasteiger partial charge in [0, 0.05) is 32.4 Å². The van der Waals surface area contributed by atoms with E-state index >= 15 is 0 Å². The molecule has 0 spiro atoms. The van der Waals surface area contributed by atoms with Crippen molar-refractivity contribution in [3.8, 4) is 16.2 Å². The highest BCUT2D eigenvalue weighted by Gasteiger charge is 2.21. The Balaban J connectivity index is 1.66. The Morgan fingerprint density at radius 1 is 0.889 bits per heavy atom. The molecule has 11 heteroatoms. The van der Waals surface area contributed by atoms with E-state index in [0.29, 0.717) is 43.2 Å². The molecule has 0 bridgehead atoms. The lowest BCUT2D eigenvalue weighted by Gasteiger charge is -2.10. The number of hydrogen-bond donors (Lipinski definition) is 2. The van der Waals surface area contributed by atoms with Crippen LogP contribution in [0.4, 0.5) is 16.2 Å². The van der Waals surface area contributed by atoms with Gasteiger partial charge in [0.1, 0.15) is 10.6 Å². The van der Waals surface area contributed by atoms with Gasteiger partial charge in [0.05, 0.1) is 44.5 Å². The number of thiophene rings is 1. The minimum absolute atomic E-state index is 0.186. The number of methoxy groups -OCH3 is 3. The van der Waals surface area contributed by atoms with Gasteiger partial charge < -0.3 is 24.8 Å². The van der Waals surface area contributed by atoms with Crippen molar-refractivity contribution >= 4 is 63.1 Å². The Morgan fingerprint density at radius 3 is 2.36 bits per heavy atom. The summed E-state index contributed by atoms with van der Waals surface area (Å²) in [5.74, 6) is -0.534. The predicted octanol–water partition coefficient (Wildman–Crippen LogP) is 5.84. The molecule has 0 atom stereocenters. The second-order valence-corrected chi connectivity index (χ2v) is 8.84. The van der Waals surface area contributed by atoms with Crippen molar-refractivity contribution < 1.29 is 28.6 Å². The highest BCUT2D eigenvalue weighted by molar-refractivity contribution is 7.18. The summed E-state index contributed by atoms with van der Waals surface area (Å²) in [6, 6.07) is 11.1. The number of halogens is 1. The fraction of sp³-hybridized carbons (Fsp3) is 0.120. The van der Waals surface area contributed by atoms with Crippen molar-refractivity contribution in [2.45, 2.75) is 0 Å². The zero-order chi connectivity index (χ0) is 25.8. The van der Waals surface area contributed by atoms with E-state index in [9.17, 15) is 14.4 Å². The lowest BCUT2D eigenvalue weighted by Crippen LogP contribution is -2.20. The minimum Gasteiger partial charge on any atom is -0.497 e. The summed E-state index contributed by atoms with van der Waals surface area (Å²) in [7, 11) is 4.08. The first-order valence-electron chi connectivity index (χ1n) is 10.4. The maximum Gasteiger partial charge on any atom is 0.350 e. The van der Waals surface area contributed by atoms with Crippen LogP contribution in [-0.2, 0) is 9.47 Å². The van der Waals surface area contributed by atoms with Crippen LogP contribution < -0.4 is 15.4 Å². The van der Waals surface area contributed by atoms with Crippen LogP contribution in [0, 0.1) is 0 Å². The molecule has 0 aliphatic rings. The summed E-state index contributed by atoms with van der Waals surface area (Å²) in [6.07, 6.45) is 3.07. The van der Waals surface area contributed by atoms with Gasteiger partial charge >= 0.3 is 18.0 Å². The smallest absolute Gasteiger partial charge is 0.350 e. The number of carbonyl (C=O) groups is 3. The number of esters is 2. The Kier molecular flexibility index (Phi) is 7.37. The highest BCUT2D eigenvalue weighted by Crippen LogP contribution is 2.40. The SMILES string of the molecule is COC(=O)c1ccc2cncc(NC(=O)Nc3cc(-c4cc(OC)ccc4Cl)sc3C(=O)OC)c2c1. The first-order valence-corrected chi connectivity index (χ1v) is 11.6. The van der Waals surface area contributed by atoms with Crippen molar-refractivity contribution in [2.24, 2.45) is 0 Å². The monoisotopic (exact) mass is 525 g/mol. The molecule has 36 heavy (non-hydrogen) atoms. The lowest BCUT2D eigenvalue weighted by molar-refractivity contribution is 0.0594. The summed E-state index contributed by atoms with van der Waals surface area (Å²) in [6.45, 7) is 0. The molecule has 2 amide bonds. The maximum absolute atomic E-state index is 12.9. The van der Waals surface area contributed by atoms with Gasteiger partial charge in [-0.3, -0.25) is 4.98 Å². The molecule has 2 heterocycles. The fourth-order valence-electron chi connectivity index (χ4n) is 3.47. The van der Waals surface area contributed by atoms with E-state index in [0.717, 1.165) is 11.3 Å². The van der Waals surface area contributed by atoms with Crippen molar-refractivity contribution in [3.05, 3.63) is 70.3 Å². The van der Waals surface area contributed by atoms with E-state index in [1.165, 1.54) is 27.5 Å². The number of benzene rings is 2. The number of aromatic nitrogens is 1. The van der Waals surface area contributed by atoms with Gasteiger partial charge in [0.25, 0.3) is 0 Å². The third kappa shape index (κ3) is 5.09. The standard InChI is InChI=1S/C25H20ClN3O6S/c1-33-15-6-7-18(26)17(9-15)21-10-19(22(36-21)24(31)35-3)28-25(32)29-20-12-27-11-14-5-4-13(8-16(14)20)23(30)34-2/h4-12H,1-3H3,(H2,28,29,32). The molecular weight excluding hydrogens is 506 g/mol. The second-order valence-electron chi connectivity index (χ2n) is 7.38. The molecule has 0 unspecified atom stereocenters. The highest BCUT2D eigenvalue weighted by atomic mass is 35.5. The van der Waals surface area contributed by atoms with Crippen LogP contribution in [0.25, 0.3) is 21.2 Å². The van der Waals surface area contributed by atoms with E-state index in [-0.39, 0.29) is 10.6 Å². The van der Waals surface area contributed by atoms with Gasteiger partial charge in [-0.15, -0.1) is 11.3 Å². The molecule has 184 valence electrons. The van der Waals surface area contributed by atoms with Crippen LogP contribution in [0.3, 0.4) is 0 Å². The molecule has 0 aliphatic heterocycles. The van der Waals surface area contributed by atoms with Crippen molar-refractivity contribution in [3.63, 3.8) is 0 Å². The number of carbonyl (C=O) groups excluding carboxylic acids is 3. The molecule has 2 aromatic carbocycles. The Morgan fingerprint density at radius 2 is 1.64 bits per heavy atom. The molecule has 0 saturated heterocycles. The van der Waals surface area contributed by atoms with Crippen LogP contribution in [0.1, 0.15) is 20.0 Å². The summed E-state index contributed by atoms with van der Waals surface area (Å²) >= 11 is 7.49. The Labute approximate surface area is 215 Å². The summed E-state index contributed by atoms with van der Waals surface area (Å²) in [4.78, 5) is 42.3. The van der Waals surface area contributed by atoms with Crippen LogP contribution in [0.15, 0.2) is 54.9 Å². The molecule has 4 rings (SSSR count). The van der Waals surface area contributed by atoms with Gasteiger partial charge in [-0.25, -0.2) is 14.4 Å². The van der Waals surface area contributed by atoms with Crippen molar-refractivity contribution in [1.82, 2.24) is 4.98 Å². The van der Waals surface area contributed by atoms with E-state index in [4.69, 9.17) is 25.8 Å². The predicted molar refractivity (Wildman–Crippen MR) is 138 cm³/mol. The Hall–Kier alpha value is -4.15. The lowest BCUT2D eigenvalue weighted by atomic mass is 10.1. The second kappa shape index (κ2) is 10.6. The number of rotatable bonds is 6. The van der Waals surface area contributed by atoms with Crippen LogP contribution >= 0.6 is 22.9 Å². The first-order chi connectivity index (χ1) is 17.3. The Bertz CT molecular complexity index is 1490. The normalized spacial score (nSPS) is 10.6. The number of amides is 2. The molecule has 4 aromatic rings. The van der Waals surface area contributed by atoms with Crippen LogP contribution in [0.5, 0.6) is 5.75 Å². The molecule has 9 nitrogen and oxygen atoms in total. The average molecular weight is 526 g/mol. The van der Waals surface area contributed by atoms with Crippen molar-refractivity contribution in [2.75, 3.05) is 32.0 Å². The maximum atomic E-state index is 12.9. The van der Waals surface area contributed by atoms with Crippen molar-refractivity contribution in [1.29, 1.82) is 0 Å².